The Labute approximate surface area is 96.8 Å². The lowest BCUT2D eigenvalue weighted by Crippen LogP contribution is -2.48. The lowest BCUT2D eigenvalue weighted by atomic mass is 9.75. The third-order valence-electron chi connectivity index (χ3n) is 4.12. The highest BCUT2D eigenvalue weighted by Crippen LogP contribution is 2.33. The lowest BCUT2D eigenvalue weighted by Gasteiger charge is -2.35. The Kier molecular flexibility index (Phi) is 2.06. The predicted molar refractivity (Wildman–Crippen MR) is 67.2 cm³/mol. The van der Waals surface area contributed by atoms with Gasteiger partial charge >= 0.3 is 0 Å². The van der Waals surface area contributed by atoms with Crippen molar-refractivity contribution < 1.29 is 0 Å². The van der Waals surface area contributed by atoms with Crippen LogP contribution in [0.1, 0.15) is 28.7 Å². The van der Waals surface area contributed by atoms with Crippen LogP contribution >= 0.6 is 0 Å². The summed E-state index contributed by atoms with van der Waals surface area (Å²) in [7, 11) is 0. The van der Waals surface area contributed by atoms with Crippen LogP contribution in [0.3, 0.4) is 0 Å². The monoisotopic (exact) mass is 214 g/mol. The van der Waals surface area contributed by atoms with Crippen molar-refractivity contribution in [1.29, 1.82) is 0 Å². The number of nitrogens with zero attached hydrogens (tertiary/aromatic N) is 1. The zero-order valence-electron chi connectivity index (χ0n) is 10.0. The second kappa shape index (κ2) is 3.34. The zero-order valence-corrected chi connectivity index (χ0v) is 10.0. The summed E-state index contributed by atoms with van der Waals surface area (Å²) >= 11 is 0. The smallest absolute Gasteiger partial charge is 0.0829 e. The van der Waals surface area contributed by atoms with E-state index in [0.717, 1.165) is 13.0 Å². The van der Waals surface area contributed by atoms with Crippen molar-refractivity contribution in [1.82, 2.24) is 5.32 Å². The van der Waals surface area contributed by atoms with Crippen molar-refractivity contribution in [3.05, 3.63) is 34.4 Å². The van der Waals surface area contributed by atoms with E-state index in [-0.39, 0.29) is 5.54 Å². The molecule has 1 aliphatic carbocycles. The van der Waals surface area contributed by atoms with E-state index in [4.69, 9.17) is 0 Å². The molecule has 16 heavy (non-hydrogen) atoms. The maximum atomic E-state index is 4.35. The van der Waals surface area contributed by atoms with Gasteiger partial charge < -0.3 is 5.32 Å². The topological polar surface area (TPSA) is 24.4 Å². The Morgan fingerprint density at radius 3 is 2.62 bits per heavy atom. The first-order valence-corrected chi connectivity index (χ1v) is 6.04. The fraction of sp³-hybridized carbons (Fsp3) is 0.500. The van der Waals surface area contributed by atoms with E-state index in [9.17, 15) is 0 Å². The predicted octanol–water partition coefficient (Wildman–Crippen LogP) is 2.16. The number of fused-ring (bicyclic) bond motifs is 1. The largest absolute Gasteiger partial charge is 0.369 e. The van der Waals surface area contributed by atoms with Crippen LogP contribution in [0.25, 0.3) is 0 Å². The van der Waals surface area contributed by atoms with E-state index >= 15 is 0 Å². The van der Waals surface area contributed by atoms with Crippen LogP contribution in [0, 0.1) is 13.8 Å². The van der Waals surface area contributed by atoms with E-state index in [2.05, 4.69) is 36.3 Å². The van der Waals surface area contributed by atoms with Gasteiger partial charge in [0.2, 0.25) is 0 Å². The van der Waals surface area contributed by atoms with E-state index in [1.165, 1.54) is 24.0 Å². The number of benzene rings is 1. The van der Waals surface area contributed by atoms with Gasteiger partial charge in [0.15, 0.2) is 0 Å². The molecule has 1 unspecified atom stereocenters. The number of hydrogen-bond acceptors (Lipinski definition) is 2. The molecule has 0 fully saturated rings. The van der Waals surface area contributed by atoms with Crippen molar-refractivity contribution in [2.24, 2.45) is 4.99 Å². The van der Waals surface area contributed by atoms with Crippen LogP contribution in [0.5, 0.6) is 0 Å². The molecule has 1 aliphatic heterocycles. The Morgan fingerprint density at radius 1 is 1.19 bits per heavy atom. The molecule has 2 nitrogen and oxygen atoms in total. The quantitative estimate of drug-likeness (QED) is 0.703. The first-order chi connectivity index (χ1) is 7.70. The fourth-order valence-electron chi connectivity index (χ4n) is 3.02. The van der Waals surface area contributed by atoms with Gasteiger partial charge in [0, 0.05) is 0 Å². The second-order valence-electron chi connectivity index (χ2n) is 5.23. The van der Waals surface area contributed by atoms with Crippen LogP contribution < -0.4 is 5.32 Å². The minimum Gasteiger partial charge on any atom is -0.369 e. The molecule has 1 N–H and O–H groups in total. The zero-order chi connectivity index (χ0) is 11.2. The standard InChI is InChI=1S/C14H18N2/c1-10-3-4-11(2)13-7-14(6-5-12(10)13)8-15-9-16-14/h3-4,9H,5-8H2,1-2H3,(H,15,16). The SMILES string of the molecule is Cc1ccc(C)c2c1CCC1(CN=CN1)C2. The molecule has 3 rings (SSSR count). The number of nitrogens with one attached hydrogen (secondary N) is 1. The van der Waals surface area contributed by atoms with Crippen LogP contribution in [-0.2, 0) is 12.8 Å². The number of aryl methyl sites for hydroxylation is 2. The molecular weight excluding hydrogens is 196 g/mol. The highest BCUT2D eigenvalue weighted by molar-refractivity contribution is 5.60. The van der Waals surface area contributed by atoms with Gasteiger partial charge in [-0.1, -0.05) is 12.1 Å². The lowest BCUT2D eigenvalue weighted by molar-refractivity contribution is 0.362. The number of aliphatic imine (C=N–C) groups is 1. The molecule has 2 heteroatoms. The van der Waals surface area contributed by atoms with E-state index in [1.807, 2.05) is 6.34 Å². The van der Waals surface area contributed by atoms with E-state index in [0.29, 0.717) is 0 Å². The highest BCUT2D eigenvalue weighted by Gasteiger charge is 2.36. The van der Waals surface area contributed by atoms with Crippen molar-refractivity contribution in [3.63, 3.8) is 0 Å². The van der Waals surface area contributed by atoms with Gasteiger partial charge in [-0.15, -0.1) is 0 Å². The van der Waals surface area contributed by atoms with Gasteiger partial charge in [-0.3, -0.25) is 4.99 Å². The number of rotatable bonds is 0. The number of hydrogen-bond donors (Lipinski definition) is 1. The van der Waals surface area contributed by atoms with Crippen molar-refractivity contribution in [2.45, 2.75) is 38.6 Å². The molecular formula is C14H18N2. The van der Waals surface area contributed by atoms with Gasteiger partial charge in [-0.05, 0) is 55.4 Å². The first kappa shape index (κ1) is 9.88. The molecule has 1 aromatic rings. The van der Waals surface area contributed by atoms with Crippen molar-refractivity contribution in [2.75, 3.05) is 6.54 Å². The molecule has 0 aromatic heterocycles. The third-order valence-corrected chi connectivity index (χ3v) is 4.12. The third kappa shape index (κ3) is 1.36. The minimum atomic E-state index is 0.228. The Morgan fingerprint density at radius 2 is 1.94 bits per heavy atom. The molecule has 0 saturated heterocycles. The molecule has 1 atom stereocenters. The molecule has 1 aromatic carbocycles. The first-order valence-electron chi connectivity index (χ1n) is 6.04. The van der Waals surface area contributed by atoms with Gasteiger partial charge in [0.25, 0.3) is 0 Å². The molecule has 1 spiro atoms. The summed E-state index contributed by atoms with van der Waals surface area (Å²) in [5.74, 6) is 0. The van der Waals surface area contributed by atoms with Crippen LogP contribution in [-0.4, -0.2) is 18.4 Å². The second-order valence-corrected chi connectivity index (χ2v) is 5.23. The normalized spacial score (nSPS) is 26.9. The van der Waals surface area contributed by atoms with Crippen LogP contribution in [0.15, 0.2) is 17.1 Å². The summed E-state index contributed by atoms with van der Waals surface area (Å²) in [4.78, 5) is 4.35. The molecule has 0 amide bonds. The molecule has 0 saturated carbocycles. The summed E-state index contributed by atoms with van der Waals surface area (Å²) in [6.07, 6.45) is 5.43. The molecule has 84 valence electrons. The van der Waals surface area contributed by atoms with Crippen molar-refractivity contribution in [3.8, 4) is 0 Å². The summed E-state index contributed by atoms with van der Waals surface area (Å²) in [6, 6.07) is 4.51. The summed E-state index contributed by atoms with van der Waals surface area (Å²) in [5, 5.41) is 3.47. The molecule has 2 aliphatic rings. The van der Waals surface area contributed by atoms with Gasteiger partial charge in [-0.25, -0.2) is 0 Å². The summed E-state index contributed by atoms with van der Waals surface area (Å²) < 4.78 is 0. The summed E-state index contributed by atoms with van der Waals surface area (Å²) in [5.41, 5.74) is 6.26. The molecule has 0 bridgehead atoms. The maximum Gasteiger partial charge on any atom is 0.0829 e. The van der Waals surface area contributed by atoms with E-state index in [1.54, 1.807) is 11.1 Å². The molecule has 0 radical (unpaired) electrons. The van der Waals surface area contributed by atoms with Gasteiger partial charge in [0.1, 0.15) is 0 Å². The Hall–Kier alpha value is -1.31. The highest BCUT2D eigenvalue weighted by atomic mass is 15.1. The Balaban J connectivity index is 2.02. The minimum absolute atomic E-state index is 0.228. The molecule has 1 heterocycles. The fourth-order valence-corrected chi connectivity index (χ4v) is 3.02. The Bertz CT molecular complexity index is 452. The maximum absolute atomic E-state index is 4.35. The van der Waals surface area contributed by atoms with E-state index < -0.39 is 0 Å². The van der Waals surface area contributed by atoms with Gasteiger partial charge in [0.05, 0.1) is 18.4 Å². The van der Waals surface area contributed by atoms with Gasteiger partial charge in [-0.2, -0.15) is 0 Å². The average Bonchev–Trinajstić information content (AvgIpc) is 2.72. The summed E-state index contributed by atoms with van der Waals surface area (Å²) in [6.45, 7) is 5.40. The average molecular weight is 214 g/mol. The van der Waals surface area contributed by atoms with Crippen LogP contribution in [0.4, 0.5) is 0 Å². The van der Waals surface area contributed by atoms with Crippen LogP contribution in [0.2, 0.25) is 0 Å². The van der Waals surface area contributed by atoms with Crippen molar-refractivity contribution >= 4 is 6.34 Å².